The Morgan fingerprint density at radius 3 is 2.71 bits per heavy atom. The average Bonchev–Trinajstić information content (AvgIpc) is 2.87. The fraction of sp³-hybridized carbons (Fsp3) is 0.0714. The molecule has 0 aliphatic carbocycles. The second-order valence-corrected chi connectivity index (χ2v) is 3.91. The molecule has 17 heavy (non-hydrogen) atoms. The van der Waals surface area contributed by atoms with Crippen molar-refractivity contribution >= 4 is 10.8 Å². The van der Waals surface area contributed by atoms with E-state index in [4.69, 9.17) is 10.3 Å². The molecule has 3 aromatic rings. The van der Waals surface area contributed by atoms with Gasteiger partial charge in [0.1, 0.15) is 0 Å². The number of hydrogen-bond donors (Lipinski definition) is 1. The van der Waals surface area contributed by atoms with Gasteiger partial charge in [0.05, 0.1) is 5.69 Å². The minimum atomic E-state index is 0.397. The highest BCUT2D eigenvalue weighted by Gasteiger charge is 2.08. The van der Waals surface area contributed by atoms with Crippen molar-refractivity contribution in [3.05, 3.63) is 54.2 Å². The SMILES string of the molecule is NCc1cc(-c2cccc3ccccc23)on1. The topological polar surface area (TPSA) is 52.0 Å². The van der Waals surface area contributed by atoms with Gasteiger partial charge in [0.25, 0.3) is 0 Å². The van der Waals surface area contributed by atoms with Gasteiger partial charge >= 0.3 is 0 Å². The molecule has 0 saturated heterocycles. The zero-order valence-corrected chi connectivity index (χ0v) is 9.26. The predicted molar refractivity (Wildman–Crippen MR) is 67.3 cm³/mol. The minimum absolute atomic E-state index is 0.397. The summed E-state index contributed by atoms with van der Waals surface area (Å²) in [6.45, 7) is 0.397. The van der Waals surface area contributed by atoms with E-state index in [2.05, 4.69) is 23.4 Å². The Morgan fingerprint density at radius 2 is 1.88 bits per heavy atom. The van der Waals surface area contributed by atoms with Crippen molar-refractivity contribution in [1.82, 2.24) is 5.16 Å². The third-order valence-corrected chi connectivity index (χ3v) is 2.82. The molecule has 1 heterocycles. The van der Waals surface area contributed by atoms with E-state index in [-0.39, 0.29) is 0 Å². The maximum absolute atomic E-state index is 5.53. The molecule has 0 fully saturated rings. The average molecular weight is 224 g/mol. The number of hydrogen-bond acceptors (Lipinski definition) is 3. The quantitative estimate of drug-likeness (QED) is 0.728. The fourth-order valence-corrected chi connectivity index (χ4v) is 1.98. The molecular formula is C14H12N2O. The third-order valence-electron chi connectivity index (χ3n) is 2.82. The first kappa shape index (κ1) is 10.1. The van der Waals surface area contributed by atoms with Crippen LogP contribution in [0.3, 0.4) is 0 Å². The first-order valence-electron chi connectivity index (χ1n) is 5.52. The van der Waals surface area contributed by atoms with Crippen molar-refractivity contribution in [3.63, 3.8) is 0 Å². The molecule has 0 aliphatic rings. The Balaban J connectivity index is 2.23. The molecule has 3 nitrogen and oxygen atoms in total. The van der Waals surface area contributed by atoms with Gasteiger partial charge in [0.15, 0.2) is 5.76 Å². The van der Waals surface area contributed by atoms with Crippen molar-refractivity contribution in [2.24, 2.45) is 5.73 Å². The molecule has 3 rings (SSSR count). The van der Waals surface area contributed by atoms with Crippen LogP contribution in [0.15, 0.2) is 53.1 Å². The molecule has 0 amide bonds. The van der Waals surface area contributed by atoms with Crippen LogP contribution >= 0.6 is 0 Å². The van der Waals surface area contributed by atoms with Crippen LogP contribution in [-0.2, 0) is 6.54 Å². The Labute approximate surface area is 98.8 Å². The molecule has 0 atom stereocenters. The van der Waals surface area contributed by atoms with Crippen molar-refractivity contribution in [2.75, 3.05) is 0 Å². The van der Waals surface area contributed by atoms with Gasteiger partial charge in [-0.2, -0.15) is 0 Å². The lowest BCUT2D eigenvalue weighted by atomic mass is 10.0. The van der Waals surface area contributed by atoms with Gasteiger partial charge in [-0.1, -0.05) is 47.6 Å². The maximum atomic E-state index is 5.53. The number of benzene rings is 2. The third kappa shape index (κ3) is 1.70. The summed E-state index contributed by atoms with van der Waals surface area (Å²) in [5, 5.41) is 6.27. The van der Waals surface area contributed by atoms with Crippen LogP contribution in [-0.4, -0.2) is 5.16 Å². The van der Waals surface area contributed by atoms with E-state index in [1.165, 1.54) is 5.39 Å². The second-order valence-electron chi connectivity index (χ2n) is 3.91. The summed E-state index contributed by atoms with van der Waals surface area (Å²) < 4.78 is 5.32. The monoisotopic (exact) mass is 224 g/mol. The van der Waals surface area contributed by atoms with E-state index in [0.29, 0.717) is 6.54 Å². The van der Waals surface area contributed by atoms with Crippen LogP contribution in [0.4, 0.5) is 0 Å². The van der Waals surface area contributed by atoms with E-state index in [0.717, 1.165) is 22.4 Å². The number of rotatable bonds is 2. The fourth-order valence-electron chi connectivity index (χ4n) is 1.98. The molecule has 1 aromatic heterocycles. The van der Waals surface area contributed by atoms with Crippen LogP contribution in [0.1, 0.15) is 5.69 Å². The van der Waals surface area contributed by atoms with E-state index in [9.17, 15) is 0 Å². The second kappa shape index (κ2) is 4.03. The molecule has 0 bridgehead atoms. The Kier molecular flexibility index (Phi) is 2.38. The van der Waals surface area contributed by atoms with Crippen molar-refractivity contribution < 1.29 is 4.52 Å². The molecule has 2 N–H and O–H groups in total. The molecule has 0 radical (unpaired) electrons. The van der Waals surface area contributed by atoms with Gasteiger partial charge < -0.3 is 10.3 Å². The van der Waals surface area contributed by atoms with Gasteiger partial charge in [-0.3, -0.25) is 0 Å². The molecule has 0 unspecified atom stereocenters. The predicted octanol–water partition coefficient (Wildman–Crippen LogP) is 2.95. The summed E-state index contributed by atoms with van der Waals surface area (Å²) >= 11 is 0. The molecule has 2 aromatic carbocycles. The van der Waals surface area contributed by atoms with Gasteiger partial charge in [0, 0.05) is 18.2 Å². The lowest BCUT2D eigenvalue weighted by Crippen LogP contribution is -1.94. The highest BCUT2D eigenvalue weighted by molar-refractivity contribution is 5.95. The summed E-state index contributed by atoms with van der Waals surface area (Å²) in [5.74, 6) is 0.766. The molecule has 0 aliphatic heterocycles. The van der Waals surface area contributed by atoms with E-state index < -0.39 is 0 Å². The zero-order chi connectivity index (χ0) is 11.7. The standard InChI is InChI=1S/C14H12N2O/c15-9-11-8-14(17-16-11)13-7-3-5-10-4-1-2-6-12(10)13/h1-8H,9,15H2. The van der Waals surface area contributed by atoms with Gasteiger partial charge in [-0.15, -0.1) is 0 Å². The van der Waals surface area contributed by atoms with Crippen LogP contribution in [0, 0.1) is 0 Å². The Hall–Kier alpha value is -2.13. The summed E-state index contributed by atoms with van der Waals surface area (Å²) in [5.41, 5.74) is 7.35. The van der Waals surface area contributed by atoms with E-state index in [1.54, 1.807) is 0 Å². The van der Waals surface area contributed by atoms with E-state index >= 15 is 0 Å². The number of aromatic nitrogens is 1. The van der Waals surface area contributed by atoms with Gasteiger partial charge in [-0.05, 0) is 10.8 Å². The Morgan fingerprint density at radius 1 is 1.06 bits per heavy atom. The van der Waals surface area contributed by atoms with Crippen LogP contribution < -0.4 is 5.73 Å². The first-order chi connectivity index (χ1) is 8.38. The molecule has 3 heteroatoms. The highest BCUT2D eigenvalue weighted by atomic mass is 16.5. The Bertz CT molecular complexity index is 653. The van der Waals surface area contributed by atoms with Crippen LogP contribution in [0.2, 0.25) is 0 Å². The zero-order valence-electron chi connectivity index (χ0n) is 9.26. The van der Waals surface area contributed by atoms with Crippen LogP contribution in [0.5, 0.6) is 0 Å². The van der Waals surface area contributed by atoms with Gasteiger partial charge in [0.2, 0.25) is 0 Å². The van der Waals surface area contributed by atoms with Crippen molar-refractivity contribution in [1.29, 1.82) is 0 Å². The minimum Gasteiger partial charge on any atom is -0.356 e. The van der Waals surface area contributed by atoms with Crippen molar-refractivity contribution in [3.8, 4) is 11.3 Å². The number of nitrogens with zero attached hydrogens (tertiary/aromatic N) is 1. The largest absolute Gasteiger partial charge is 0.356 e. The van der Waals surface area contributed by atoms with Crippen molar-refractivity contribution in [2.45, 2.75) is 6.54 Å². The van der Waals surface area contributed by atoms with E-state index in [1.807, 2.05) is 30.3 Å². The smallest absolute Gasteiger partial charge is 0.167 e. The number of nitrogens with two attached hydrogens (primary N) is 1. The van der Waals surface area contributed by atoms with Crippen LogP contribution in [0.25, 0.3) is 22.1 Å². The first-order valence-corrected chi connectivity index (χ1v) is 5.52. The molecule has 84 valence electrons. The summed E-state index contributed by atoms with van der Waals surface area (Å²) in [6.07, 6.45) is 0. The lowest BCUT2D eigenvalue weighted by molar-refractivity contribution is 0.424. The number of fused-ring (bicyclic) bond motifs is 1. The highest BCUT2D eigenvalue weighted by Crippen LogP contribution is 2.28. The summed E-state index contributed by atoms with van der Waals surface area (Å²) in [4.78, 5) is 0. The summed E-state index contributed by atoms with van der Waals surface area (Å²) in [6, 6.07) is 16.2. The molecule has 0 saturated carbocycles. The normalized spacial score (nSPS) is 10.9. The summed E-state index contributed by atoms with van der Waals surface area (Å²) in [7, 11) is 0. The van der Waals surface area contributed by atoms with Gasteiger partial charge in [-0.25, -0.2) is 0 Å². The molecule has 0 spiro atoms. The molecular weight excluding hydrogens is 212 g/mol. The maximum Gasteiger partial charge on any atom is 0.167 e. The lowest BCUT2D eigenvalue weighted by Gasteiger charge is -2.02.